The molecule has 39 heavy (non-hydrogen) atoms. The first-order chi connectivity index (χ1) is 18.4. The van der Waals surface area contributed by atoms with E-state index >= 15 is 0 Å². The van der Waals surface area contributed by atoms with Gasteiger partial charge in [0.1, 0.15) is 23.7 Å². The predicted molar refractivity (Wildman–Crippen MR) is 136 cm³/mol. The normalized spacial score (nSPS) is 12.9. The SMILES string of the molecule is Cc1nc([C@H](C)NC(=O)c2cc(OC(C)c3ccc(Cl)cc3)cc(C(F)(F)F)c2)n(-c2ccc(C#N)cn2)n1. The van der Waals surface area contributed by atoms with E-state index < -0.39 is 29.8 Å². The number of alkyl halides is 3. The van der Waals surface area contributed by atoms with Crippen molar-refractivity contribution >= 4 is 17.5 Å². The van der Waals surface area contributed by atoms with Crippen molar-refractivity contribution in [2.75, 3.05) is 0 Å². The Labute approximate surface area is 227 Å². The summed E-state index contributed by atoms with van der Waals surface area (Å²) in [5.41, 5.74) is -0.217. The summed E-state index contributed by atoms with van der Waals surface area (Å²) < 4.78 is 48.2. The number of aryl methyl sites for hydroxylation is 1. The average Bonchev–Trinajstić information content (AvgIpc) is 3.30. The van der Waals surface area contributed by atoms with Gasteiger partial charge in [0, 0.05) is 16.8 Å². The minimum absolute atomic E-state index is 0.120. The molecule has 0 saturated heterocycles. The molecule has 4 rings (SSSR count). The van der Waals surface area contributed by atoms with Gasteiger partial charge in [0.25, 0.3) is 5.91 Å². The zero-order valence-corrected chi connectivity index (χ0v) is 21.7. The molecule has 0 aliphatic carbocycles. The van der Waals surface area contributed by atoms with Crippen molar-refractivity contribution in [1.29, 1.82) is 5.26 Å². The lowest BCUT2D eigenvalue weighted by atomic mass is 10.1. The fourth-order valence-corrected chi connectivity index (χ4v) is 3.90. The monoisotopic (exact) mass is 554 g/mol. The number of amides is 1. The van der Waals surface area contributed by atoms with Crippen LogP contribution < -0.4 is 10.1 Å². The smallest absolute Gasteiger partial charge is 0.416 e. The molecule has 1 N–H and O–H groups in total. The number of hydrogen-bond donors (Lipinski definition) is 1. The molecule has 4 aromatic rings. The predicted octanol–water partition coefficient (Wildman–Crippen LogP) is 6.15. The third-order valence-electron chi connectivity index (χ3n) is 5.72. The van der Waals surface area contributed by atoms with Crippen LogP contribution in [0.25, 0.3) is 5.82 Å². The molecule has 200 valence electrons. The number of ether oxygens (including phenoxy) is 1. The minimum Gasteiger partial charge on any atom is -0.486 e. The van der Waals surface area contributed by atoms with E-state index in [0.717, 1.165) is 12.1 Å². The maximum atomic E-state index is 13.7. The van der Waals surface area contributed by atoms with E-state index in [1.807, 2.05) is 6.07 Å². The van der Waals surface area contributed by atoms with Crippen LogP contribution in [0, 0.1) is 18.3 Å². The van der Waals surface area contributed by atoms with Crippen LogP contribution in [0.4, 0.5) is 13.2 Å². The second kappa shape index (κ2) is 11.1. The zero-order chi connectivity index (χ0) is 28.3. The molecule has 2 aromatic heterocycles. The van der Waals surface area contributed by atoms with E-state index in [9.17, 15) is 18.0 Å². The van der Waals surface area contributed by atoms with Crippen molar-refractivity contribution in [2.45, 2.75) is 39.1 Å². The molecule has 2 atom stereocenters. The first-order valence-electron chi connectivity index (χ1n) is 11.7. The molecular weight excluding hydrogens is 533 g/mol. The van der Waals surface area contributed by atoms with Crippen LogP contribution in [0.2, 0.25) is 5.02 Å². The number of aromatic nitrogens is 4. The van der Waals surface area contributed by atoms with Crippen molar-refractivity contribution in [1.82, 2.24) is 25.1 Å². The standard InChI is InChI=1S/C27H22ClF3N6O2/c1-15(25-35-17(3)36-37(25)24-9-4-18(13-32)14-33-24)34-26(38)20-10-21(27(29,30)31)12-23(11-20)39-16(2)19-5-7-22(28)8-6-19/h4-12,14-16H,1-3H3,(H,34,38)/t15-,16?/m0/s1. The third-order valence-corrected chi connectivity index (χ3v) is 5.97. The molecule has 0 radical (unpaired) electrons. The van der Waals surface area contributed by atoms with Crippen molar-refractivity contribution in [3.8, 4) is 17.6 Å². The highest BCUT2D eigenvalue weighted by Gasteiger charge is 2.32. The molecule has 0 aliphatic rings. The van der Waals surface area contributed by atoms with E-state index in [-0.39, 0.29) is 11.3 Å². The Balaban J connectivity index is 1.60. The van der Waals surface area contributed by atoms with Crippen LogP contribution in [0.15, 0.2) is 60.8 Å². The fourth-order valence-electron chi connectivity index (χ4n) is 3.77. The number of pyridine rings is 1. The molecule has 0 aliphatic heterocycles. The van der Waals surface area contributed by atoms with Gasteiger partial charge in [-0.1, -0.05) is 23.7 Å². The van der Waals surface area contributed by atoms with Gasteiger partial charge in [-0.3, -0.25) is 4.79 Å². The second-order valence-electron chi connectivity index (χ2n) is 8.70. The maximum absolute atomic E-state index is 13.7. The molecule has 0 spiro atoms. The van der Waals surface area contributed by atoms with E-state index in [0.29, 0.717) is 33.6 Å². The number of nitrogens with one attached hydrogen (secondary N) is 1. The number of carbonyl (C=O) groups excluding carboxylic acids is 1. The number of benzene rings is 2. The Kier molecular flexibility index (Phi) is 7.88. The highest BCUT2D eigenvalue weighted by Crippen LogP contribution is 2.34. The number of carbonyl (C=O) groups is 1. The highest BCUT2D eigenvalue weighted by molar-refractivity contribution is 6.30. The van der Waals surface area contributed by atoms with Gasteiger partial charge in [0.2, 0.25) is 0 Å². The average molecular weight is 555 g/mol. The molecule has 0 bridgehead atoms. The number of hydrogen-bond acceptors (Lipinski definition) is 6. The largest absolute Gasteiger partial charge is 0.486 e. The molecule has 12 heteroatoms. The van der Waals surface area contributed by atoms with Crippen LogP contribution in [0.3, 0.4) is 0 Å². The second-order valence-corrected chi connectivity index (χ2v) is 9.13. The van der Waals surface area contributed by atoms with Crippen LogP contribution in [-0.4, -0.2) is 25.7 Å². The number of nitrogens with zero attached hydrogens (tertiary/aromatic N) is 5. The molecule has 2 heterocycles. The van der Waals surface area contributed by atoms with Gasteiger partial charge in [-0.05, 0) is 68.8 Å². The molecular formula is C27H22ClF3N6O2. The first kappa shape index (κ1) is 27.6. The lowest BCUT2D eigenvalue weighted by Gasteiger charge is -2.19. The summed E-state index contributed by atoms with van der Waals surface area (Å²) in [6.07, 6.45) is -3.95. The molecule has 0 fully saturated rings. The minimum atomic E-state index is -4.71. The van der Waals surface area contributed by atoms with Crippen LogP contribution in [0.5, 0.6) is 5.75 Å². The van der Waals surface area contributed by atoms with Gasteiger partial charge in [-0.2, -0.15) is 23.1 Å². The van der Waals surface area contributed by atoms with Gasteiger partial charge >= 0.3 is 6.18 Å². The maximum Gasteiger partial charge on any atom is 0.416 e. The summed E-state index contributed by atoms with van der Waals surface area (Å²) in [5.74, 6) is 0.168. The van der Waals surface area contributed by atoms with Gasteiger partial charge in [0.15, 0.2) is 11.6 Å². The van der Waals surface area contributed by atoms with Crippen molar-refractivity contribution in [3.63, 3.8) is 0 Å². The zero-order valence-electron chi connectivity index (χ0n) is 21.0. The van der Waals surface area contributed by atoms with Gasteiger partial charge < -0.3 is 10.1 Å². The Morgan fingerprint density at radius 1 is 1.13 bits per heavy atom. The summed E-state index contributed by atoms with van der Waals surface area (Å²) >= 11 is 5.91. The number of rotatable bonds is 7. The summed E-state index contributed by atoms with van der Waals surface area (Å²) in [4.78, 5) is 21.7. The van der Waals surface area contributed by atoms with E-state index in [4.69, 9.17) is 21.6 Å². The summed E-state index contributed by atoms with van der Waals surface area (Å²) in [6.45, 7) is 4.95. The summed E-state index contributed by atoms with van der Waals surface area (Å²) in [7, 11) is 0. The Morgan fingerprint density at radius 3 is 2.46 bits per heavy atom. The summed E-state index contributed by atoms with van der Waals surface area (Å²) in [5, 5.41) is 16.5. The molecule has 1 unspecified atom stereocenters. The topological polar surface area (TPSA) is 106 Å². The van der Waals surface area contributed by atoms with Crippen LogP contribution in [0.1, 0.15) is 64.7 Å². The van der Waals surface area contributed by atoms with Crippen molar-refractivity contribution < 1.29 is 22.7 Å². The van der Waals surface area contributed by atoms with Crippen LogP contribution in [-0.2, 0) is 6.18 Å². The van der Waals surface area contributed by atoms with E-state index in [2.05, 4.69) is 20.4 Å². The molecule has 2 aromatic carbocycles. The lowest BCUT2D eigenvalue weighted by molar-refractivity contribution is -0.137. The van der Waals surface area contributed by atoms with E-state index in [1.165, 1.54) is 16.9 Å². The quantitative estimate of drug-likeness (QED) is 0.294. The highest BCUT2D eigenvalue weighted by atomic mass is 35.5. The number of nitriles is 1. The van der Waals surface area contributed by atoms with Crippen molar-refractivity contribution in [2.24, 2.45) is 0 Å². The Bertz CT molecular complexity index is 1530. The Hall–Kier alpha value is -4.43. The first-order valence-corrected chi connectivity index (χ1v) is 12.1. The van der Waals surface area contributed by atoms with Gasteiger partial charge in [-0.15, -0.1) is 5.10 Å². The van der Waals surface area contributed by atoms with Crippen molar-refractivity contribution in [3.05, 3.63) is 99.7 Å². The molecule has 8 nitrogen and oxygen atoms in total. The third kappa shape index (κ3) is 6.53. The Morgan fingerprint density at radius 2 is 1.85 bits per heavy atom. The number of halogens is 4. The fraction of sp³-hybridized carbons (Fsp3) is 0.222. The van der Waals surface area contributed by atoms with Gasteiger partial charge in [-0.25, -0.2) is 9.97 Å². The van der Waals surface area contributed by atoms with Crippen LogP contribution >= 0.6 is 11.6 Å². The lowest BCUT2D eigenvalue weighted by Crippen LogP contribution is -2.29. The van der Waals surface area contributed by atoms with Gasteiger partial charge in [0.05, 0.1) is 17.2 Å². The summed E-state index contributed by atoms with van der Waals surface area (Å²) in [6, 6.07) is 13.9. The molecule has 1 amide bonds. The van der Waals surface area contributed by atoms with E-state index in [1.54, 1.807) is 57.2 Å². The molecule has 0 saturated carbocycles.